The van der Waals surface area contributed by atoms with Crippen LogP contribution in [0.15, 0.2) is 73.1 Å². The zero-order chi connectivity index (χ0) is 21.0. The molecule has 1 heterocycles. The van der Waals surface area contributed by atoms with Gasteiger partial charge in [-0.2, -0.15) is 4.57 Å². The van der Waals surface area contributed by atoms with Gasteiger partial charge in [0, 0.05) is 30.0 Å². The average Bonchev–Trinajstić information content (AvgIpc) is 2.72. The molecule has 0 spiro atoms. The van der Waals surface area contributed by atoms with Crippen molar-refractivity contribution in [1.82, 2.24) is 0 Å². The third-order valence-electron chi connectivity index (χ3n) is 4.44. The van der Waals surface area contributed by atoms with Gasteiger partial charge >= 0.3 is 0 Å². The Morgan fingerprint density at radius 3 is 2.24 bits per heavy atom. The number of nitrogens with zero attached hydrogens (tertiary/aromatic N) is 2. The van der Waals surface area contributed by atoms with Crippen LogP contribution < -0.4 is 15.0 Å². The lowest BCUT2D eigenvalue weighted by atomic mass is 10.1. The number of benzene rings is 2. The number of non-ortho nitro benzene ring substituents is 1. The van der Waals surface area contributed by atoms with Gasteiger partial charge in [-0.05, 0) is 36.3 Å². The van der Waals surface area contributed by atoms with E-state index in [4.69, 9.17) is 12.2 Å². The van der Waals surface area contributed by atoms with Crippen LogP contribution in [0.4, 0.5) is 11.4 Å². The van der Waals surface area contributed by atoms with Crippen molar-refractivity contribution in [2.75, 3.05) is 5.32 Å². The second-order valence-corrected chi connectivity index (χ2v) is 6.90. The number of rotatable bonds is 5. The van der Waals surface area contributed by atoms with Crippen LogP contribution in [0.25, 0.3) is 11.5 Å². The normalized spacial score (nSPS) is 11.5. The maximum atomic E-state index is 13.3. The predicted octanol–water partition coefficient (Wildman–Crippen LogP) is 3.62. The Morgan fingerprint density at radius 2 is 1.62 bits per heavy atom. The first kappa shape index (κ1) is 20.2. The van der Waals surface area contributed by atoms with Gasteiger partial charge in [-0.1, -0.05) is 48.6 Å². The summed E-state index contributed by atoms with van der Waals surface area (Å²) in [7, 11) is 0. The van der Waals surface area contributed by atoms with Crippen LogP contribution >= 0.6 is 12.2 Å². The van der Waals surface area contributed by atoms with Crippen molar-refractivity contribution in [2.24, 2.45) is 0 Å². The number of nitro benzene ring substituents is 1. The summed E-state index contributed by atoms with van der Waals surface area (Å²) in [5.74, 6) is -0.409. The smallest absolute Gasteiger partial charge is 0.270 e. The van der Waals surface area contributed by atoms with Gasteiger partial charge in [0.1, 0.15) is 0 Å². The number of thiocarbonyl (C=S) groups is 1. The van der Waals surface area contributed by atoms with Crippen LogP contribution in [0.1, 0.15) is 16.7 Å². The molecule has 0 saturated heterocycles. The van der Waals surface area contributed by atoms with E-state index in [1.165, 1.54) is 18.2 Å². The van der Waals surface area contributed by atoms with Crippen molar-refractivity contribution in [2.45, 2.75) is 13.8 Å². The van der Waals surface area contributed by atoms with E-state index in [1.54, 1.807) is 35.2 Å². The zero-order valence-corrected chi connectivity index (χ0v) is 16.8. The van der Waals surface area contributed by atoms with Crippen molar-refractivity contribution in [3.05, 3.63) is 99.9 Å². The molecule has 2 aromatic carbocycles. The molecule has 1 N–H and O–H groups in total. The topological polar surface area (TPSA) is 82.1 Å². The number of para-hydroxylation sites is 1. The second-order valence-electron chi connectivity index (χ2n) is 6.49. The van der Waals surface area contributed by atoms with Crippen LogP contribution in [0.3, 0.4) is 0 Å². The summed E-state index contributed by atoms with van der Waals surface area (Å²) in [6, 6.07) is 16.9. The van der Waals surface area contributed by atoms with E-state index in [2.05, 4.69) is 5.32 Å². The summed E-state index contributed by atoms with van der Waals surface area (Å²) >= 11 is 5.60. The van der Waals surface area contributed by atoms with E-state index in [0.717, 1.165) is 16.8 Å². The quantitative estimate of drug-likeness (QED) is 0.175. The van der Waals surface area contributed by atoms with Gasteiger partial charge in [-0.15, -0.1) is 0 Å². The maximum absolute atomic E-state index is 13.3. The van der Waals surface area contributed by atoms with E-state index < -0.39 is 10.7 Å². The molecule has 0 fully saturated rings. The maximum Gasteiger partial charge on any atom is 0.270 e. The molecule has 7 heteroatoms. The van der Waals surface area contributed by atoms with Crippen molar-refractivity contribution in [1.29, 1.82) is 0 Å². The molecule has 0 aliphatic heterocycles. The van der Waals surface area contributed by atoms with Crippen LogP contribution in [0, 0.1) is 24.0 Å². The molecule has 0 unspecified atom stereocenters. The Hall–Kier alpha value is -3.58. The van der Waals surface area contributed by atoms with Crippen LogP contribution in [-0.2, 0) is 0 Å². The summed E-state index contributed by atoms with van der Waals surface area (Å²) in [5.41, 5.74) is 3.07. The van der Waals surface area contributed by atoms with Gasteiger partial charge in [-0.25, -0.2) is 0 Å². The highest BCUT2D eigenvalue weighted by atomic mass is 32.1. The zero-order valence-electron chi connectivity index (χ0n) is 16.0. The highest BCUT2D eigenvalue weighted by Gasteiger charge is 2.20. The van der Waals surface area contributed by atoms with Crippen LogP contribution in [0.2, 0.25) is 0 Å². The molecule has 3 rings (SSSR count). The van der Waals surface area contributed by atoms with E-state index >= 15 is 0 Å². The summed E-state index contributed by atoms with van der Waals surface area (Å²) in [6.45, 7) is 3.91. The third kappa shape index (κ3) is 4.47. The molecule has 146 valence electrons. The summed E-state index contributed by atoms with van der Waals surface area (Å²) in [6.07, 6.45) is 3.42. The number of nitro groups is 1. The first-order chi connectivity index (χ1) is 13.9. The Bertz CT molecular complexity index is 1090. The van der Waals surface area contributed by atoms with Crippen molar-refractivity contribution < 1.29 is 14.6 Å². The number of anilines is 1. The van der Waals surface area contributed by atoms with Gasteiger partial charge in [0.25, 0.3) is 5.69 Å². The predicted molar refractivity (Wildman–Crippen MR) is 115 cm³/mol. The fourth-order valence-corrected chi connectivity index (χ4v) is 3.27. The molecular weight excluding hydrogens is 386 g/mol. The molecule has 0 bridgehead atoms. The Balaban J connectivity index is 2.12. The first-order valence-electron chi connectivity index (χ1n) is 8.89. The van der Waals surface area contributed by atoms with E-state index in [0.29, 0.717) is 0 Å². The van der Waals surface area contributed by atoms with Gasteiger partial charge in [0.2, 0.25) is 5.70 Å². The van der Waals surface area contributed by atoms with Crippen molar-refractivity contribution >= 4 is 40.0 Å². The molecule has 1 aromatic heterocycles. The molecule has 0 amide bonds. The van der Waals surface area contributed by atoms with E-state index in [9.17, 15) is 15.2 Å². The first-order valence-corrected chi connectivity index (χ1v) is 9.29. The second kappa shape index (κ2) is 8.62. The lowest BCUT2D eigenvalue weighted by molar-refractivity contribution is -0.577. The average molecular weight is 405 g/mol. The number of hydrogen-bond donors (Lipinski definition) is 1. The molecule has 29 heavy (non-hydrogen) atoms. The summed E-state index contributed by atoms with van der Waals surface area (Å²) in [5, 5.41) is 27.6. The number of aryl methyl sites for hydroxylation is 2. The third-order valence-corrected chi connectivity index (χ3v) is 4.74. The number of aromatic nitrogens is 1. The number of pyridine rings is 1. The van der Waals surface area contributed by atoms with Crippen LogP contribution in [-0.4, -0.2) is 9.91 Å². The molecule has 0 atom stereocenters. The molecule has 0 aliphatic carbocycles. The standard InChI is InChI=1S/C22H19N3O3S/c1-15-8-6-9-16(2)19(15)23-22(29)20(24-12-4-3-5-13-24)21(26)17-10-7-11-18(14-17)25(27)28/h3-14H,1-2H3,(H-,23,26,29). The minimum atomic E-state index is -0.528. The SMILES string of the molecule is Cc1cccc(C)c1NC(=S)C(=C([O-])c1cccc([N+](=O)[O-])c1)[n+]1ccccc1. The highest BCUT2D eigenvalue weighted by Crippen LogP contribution is 2.23. The van der Waals surface area contributed by atoms with Crippen molar-refractivity contribution in [3.63, 3.8) is 0 Å². The molecule has 0 radical (unpaired) electrons. The number of nitrogens with one attached hydrogen (secondary N) is 1. The van der Waals surface area contributed by atoms with Gasteiger partial charge in [-0.3, -0.25) is 10.1 Å². The molecule has 6 nitrogen and oxygen atoms in total. The van der Waals surface area contributed by atoms with Crippen molar-refractivity contribution in [3.8, 4) is 0 Å². The summed E-state index contributed by atoms with van der Waals surface area (Å²) in [4.78, 5) is 10.8. The summed E-state index contributed by atoms with van der Waals surface area (Å²) < 4.78 is 1.62. The molecule has 0 aliphatic rings. The largest absolute Gasteiger partial charge is 0.867 e. The highest BCUT2D eigenvalue weighted by molar-refractivity contribution is 7.81. The monoisotopic (exact) mass is 405 g/mol. The van der Waals surface area contributed by atoms with Gasteiger partial charge in [0.15, 0.2) is 17.4 Å². The van der Waals surface area contributed by atoms with E-state index in [-0.39, 0.29) is 21.9 Å². The molecule has 0 saturated carbocycles. The van der Waals surface area contributed by atoms with Crippen LogP contribution in [0.5, 0.6) is 0 Å². The fraction of sp³-hybridized carbons (Fsp3) is 0.0909. The van der Waals surface area contributed by atoms with Gasteiger partial charge in [0.05, 0.1) is 4.92 Å². The van der Waals surface area contributed by atoms with Gasteiger partial charge < -0.3 is 10.4 Å². The van der Waals surface area contributed by atoms with E-state index in [1.807, 2.05) is 38.1 Å². The Morgan fingerprint density at radius 1 is 1.00 bits per heavy atom. The fourth-order valence-electron chi connectivity index (χ4n) is 2.97. The minimum Gasteiger partial charge on any atom is -0.867 e. The minimum absolute atomic E-state index is 0.151. The lowest BCUT2D eigenvalue weighted by Gasteiger charge is -2.18. The Kier molecular flexibility index (Phi) is 5.99. The molecular formula is C22H19N3O3S. The Labute approximate surface area is 173 Å². The number of hydrogen-bond acceptors (Lipinski definition) is 4. The molecule has 3 aromatic rings. The lowest BCUT2D eigenvalue weighted by Crippen LogP contribution is -2.40.